The number of nitrogens with zero attached hydrogens (tertiary/aromatic N) is 2. The second-order valence-corrected chi connectivity index (χ2v) is 5.40. The summed E-state index contributed by atoms with van der Waals surface area (Å²) in [5, 5.41) is 9.15. The molecule has 0 atom stereocenters. The fourth-order valence-electron chi connectivity index (χ4n) is 1.88. The van der Waals surface area contributed by atoms with Crippen LogP contribution in [0.3, 0.4) is 0 Å². The molecular weight excluding hydrogens is 248 g/mol. The zero-order valence-corrected chi connectivity index (χ0v) is 12.7. The summed E-state index contributed by atoms with van der Waals surface area (Å²) in [6, 6.07) is 9.69. The Morgan fingerprint density at radius 1 is 1.45 bits per heavy atom. The monoisotopic (exact) mass is 270 g/mol. The Balaban J connectivity index is 2.83. The van der Waals surface area contributed by atoms with E-state index in [9.17, 15) is 4.79 Å². The Bertz CT molecular complexity index is 538. The summed E-state index contributed by atoms with van der Waals surface area (Å²) in [5.41, 5.74) is 2.11. The van der Waals surface area contributed by atoms with Crippen LogP contribution in [0.25, 0.3) is 0 Å². The van der Waals surface area contributed by atoms with Crippen molar-refractivity contribution in [3.05, 3.63) is 41.5 Å². The number of anilines is 1. The standard InChI is InChI=1S/C17H22N2O/c1-13(2)7-5-9-15(12-18)17(20)19(4)16-10-6-8-14(3)11-16/h6,8-11,13H,5,7H2,1-4H3/b15-9+. The van der Waals surface area contributed by atoms with Gasteiger partial charge < -0.3 is 4.90 Å². The maximum absolute atomic E-state index is 12.3. The third kappa shape index (κ3) is 4.55. The largest absolute Gasteiger partial charge is 0.311 e. The van der Waals surface area contributed by atoms with Crippen LogP contribution in [0.5, 0.6) is 0 Å². The number of aryl methyl sites for hydroxylation is 1. The molecule has 0 unspecified atom stereocenters. The Kier molecular flexibility index (Phi) is 5.99. The molecule has 0 fully saturated rings. The molecule has 0 aliphatic heterocycles. The van der Waals surface area contributed by atoms with Crippen LogP contribution in [0.1, 0.15) is 32.3 Å². The molecule has 0 saturated heterocycles. The van der Waals surface area contributed by atoms with Gasteiger partial charge in [0.15, 0.2) is 0 Å². The Labute approximate surface area is 121 Å². The summed E-state index contributed by atoms with van der Waals surface area (Å²) < 4.78 is 0. The maximum atomic E-state index is 12.3. The Morgan fingerprint density at radius 2 is 2.15 bits per heavy atom. The van der Waals surface area contributed by atoms with Crippen LogP contribution in [0, 0.1) is 24.2 Å². The molecule has 1 rings (SSSR count). The summed E-state index contributed by atoms with van der Waals surface area (Å²) in [6.07, 6.45) is 3.48. The molecule has 106 valence electrons. The number of hydrogen-bond donors (Lipinski definition) is 0. The van der Waals surface area contributed by atoms with Crippen molar-refractivity contribution in [2.45, 2.75) is 33.6 Å². The number of nitriles is 1. The van der Waals surface area contributed by atoms with Crippen molar-refractivity contribution in [2.24, 2.45) is 5.92 Å². The number of carbonyl (C=O) groups excluding carboxylic acids is 1. The molecule has 3 heteroatoms. The van der Waals surface area contributed by atoms with Crippen molar-refractivity contribution in [3.8, 4) is 6.07 Å². The van der Waals surface area contributed by atoms with Gasteiger partial charge in [-0.3, -0.25) is 4.79 Å². The van der Waals surface area contributed by atoms with Gasteiger partial charge in [0.25, 0.3) is 5.91 Å². The van der Waals surface area contributed by atoms with Gasteiger partial charge in [-0.1, -0.05) is 32.1 Å². The van der Waals surface area contributed by atoms with Gasteiger partial charge in [0, 0.05) is 12.7 Å². The van der Waals surface area contributed by atoms with Crippen LogP contribution in [0.15, 0.2) is 35.9 Å². The molecule has 0 N–H and O–H groups in total. The molecule has 0 aliphatic carbocycles. The van der Waals surface area contributed by atoms with Gasteiger partial charge in [-0.25, -0.2) is 0 Å². The first-order valence-electron chi connectivity index (χ1n) is 6.90. The lowest BCUT2D eigenvalue weighted by Gasteiger charge is -2.17. The predicted octanol–water partition coefficient (Wildman–Crippen LogP) is 3.84. The number of carbonyl (C=O) groups is 1. The fourth-order valence-corrected chi connectivity index (χ4v) is 1.88. The topological polar surface area (TPSA) is 44.1 Å². The molecule has 1 aromatic carbocycles. The normalized spacial score (nSPS) is 11.3. The third-order valence-corrected chi connectivity index (χ3v) is 3.14. The number of likely N-dealkylation sites (N-methyl/N-ethyl adjacent to an activating group) is 1. The minimum Gasteiger partial charge on any atom is -0.311 e. The zero-order valence-electron chi connectivity index (χ0n) is 12.7. The number of allylic oxidation sites excluding steroid dienone is 1. The SMILES string of the molecule is Cc1cccc(N(C)C(=O)/C(C#N)=C/CCC(C)C)c1. The molecule has 0 saturated carbocycles. The van der Waals surface area contributed by atoms with Gasteiger partial charge in [-0.2, -0.15) is 5.26 Å². The highest BCUT2D eigenvalue weighted by atomic mass is 16.2. The highest BCUT2D eigenvalue weighted by Gasteiger charge is 2.15. The second kappa shape index (κ2) is 7.49. The molecular formula is C17H22N2O. The fraction of sp³-hybridized carbons (Fsp3) is 0.412. The second-order valence-electron chi connectivity index (χ2n) is 5.40. The summed E-state index contributed by atoms with van der Waals surface area (Å²) in [4.78, 5) is 13.8. The molecule has 20 heavy (non-hydrogen) atoms. The zero-order chi connectivity index (χ0) is 15.1. The summed E-state index contributed by atoms with van der Waals surface area (Å²) >= 11 is 0. The lowest BCUT2D eigenvalue weighted by atomic mass is 10.1. The van der Waals surface area contributed by atoms with E-state index in [4.69, 9.17) is 5.26 Å². The van der Waals surface area contributed by atoms with E-state index in [-0.39, 0.29) is 11.5 Å². The first kappa shape index (κ1) is 16.0. The van der Waals surface area contributed by atoms with E-state index >= 15 is 0 Å². The molecule has 0 aliphatic rings. The lowest BCUT2D eigenvalue weighted by molar-refractivity contribution is -0.114. The van der Waals surface area contributed by atoms with Crippen molar-refractivity contribution in [1.29, 1.82) is 5.26 Å². The highest BCUT2D eigenvalue weighted by molar-refractivity contribution is 6.07. The van der Waals surface area contributed by atoms with Gasteiger partial charge in [-0.05, 0) is 43.4 Å². The number of rotatable bonds is 5. The Hall–Kier alpha value is -2.08. The van der Waals surface area contributed by atoms with Crippen molar-refractivity contribution >= 4 is 11.6 Å². The molecule has 0 bridgehead atoms. The van der Waals surface area contributed by atoms with E-state index in [0.29, 0.717) is 5.92 Å². The van der Waals surface area contributed by atoms with Crippen LogP contribution in [0.2, 0.25) is 0 Å². The van der Waals surface area contributed by atoms with Crippen LogP contribution < -0.4 is 4.90 Å². The first-order valence-corrected chi connectivity index (χ1v) is 6.90. The van der Waals surface area contributed by atoms with Crippen molar-refractivity contribution < 1.29 is 4.79 Å². The Morgan fingerprint density at radius 3 is 2.70 bits per heavy atom. The van der Waals surface area contributed by atoms with Crippen molar-refractivity contribution in [3.63, 3.8) is 0 Å². The van der Waals surface area contributed by atoms with E-state index in [1.165, 1.54) is 4.90 Å². The van der Waals surface area contributed by atoms with E-state index < -0.39 is 0 Å². The molecule has 1 amide bonds. The van der Waals surface area contributed by atoms with E-state index in [1.54, 1.807) is 13.1 Å². The molecule has 1 aromatic rings. The predicted molar refractivity (Wildman–Crippen MR) is 82.4 cm³/mol. The van der Waals surface area contributed by atoms with E-state index in [2.05, 4.69) is 13.8 Å². The van der Waals surface area contributed by atoms with Gasteiger partial charge in [0.1, 0.15) is 11.6 Å². The number of hydrogen-bond acceptors (Lipinski definition) is 2. The van der Waals surface area contributed by atoms with Crippen molar-refractivity contribution in [2.75, 3.05) is 11.9 Å². The molecule has 0 spiro atoms. The quantitative estimate of drug-likeness (QED) is 0.602. The third-order valence-electron chi connectivity index (χ3n) is 3.14. The van der Waals surface area contributed by atoms with Gasteiger partial charge in [-0.15, -0.1) is 0 Å². The van der Waals surface area contributed by atoms with Gasteiger partial charge >= 0.3 is 0 Å². The molecule has 3 nitrogen and oxygen atoms in total. The molecule has 0 radical (unpaired) electrons. The molecule has 0 heterocycles. The first-order chi connectivity index (χ1) is 9.45. The van der Waals surface area contributed by atoms with Gasteiger partial charge in [0.2, 0.25) is 0 Å². The minimum absolute atomic E-state index is 0.217. The average molecular weight is 270 g/mol. The van der Waals surface area contributed by atoms with E-state index in [0.717, 1.165) is 24.1 Å². The van der Waals surface area contributed by atoms with Crippen LogP contribution in [-0.2, 0) is 4.79 Å². The minimum atomic E-state index is -0.248. The summed E-state index contributed by atoms with van der Waals surface area (Å²) in [6.45, 7) is 6.23. The van der Waals surface area contributed by atoms with E-state index in [1.807, 2.05) is 37.3 Å². The molecule has 0 aromatic heterocycles. The van der Waals surface area contributed by atoms with Crippen molar-refractivity contribution in [1.82, 2.24) is 0 Å². The highest BCUT2D eigenvalue weighted by Crippen LogP contribution is 2.17. The number of amides is 1. The average Bonchev–Trinajstić information content (AvgIpc) is 2.42. The maximum Gasteiger partial charge on any atom is 0.268 e. The van der Waals surface area contributed by atoms with Crippen LogP contribution in [0.4, 0.5) is 5.69 Å². The smallest absolute Gasteiger partial charge is 0.268 e. The number of benzene rings is 1. The summed E-state index contributed by atoms with van der Waals surface area (Å²) in [5.74, 6) is 0.317. The summed E-state index contributed by atoms with van der Waals surface area (Å²) in [7, 11) is 1.70. The van der Waals surface area contributed by atoms with Crippen LogP contribution >= 0.6 is 0 Å². The van der Waals surface area contributed by atoms with Crippen LogP contribution in [-0.4, -0.2) is 13.0 Å². The van der Waals surface area contributed by atoms with Gasteiger partial charge in [0.05, 0.1) is 0 Å². The lowest BCUT2D eigenvalue weighted by Crippen LogP contribution is -2.27.